The second-order valence-corrected chi connectivity index (χ2v) is 6.71. The number of rotatable bonds is 6. The van der Waals surface area contributed by atoms with Crippen LogP contribution in [-0.2, 0) is 14.4 Å². The number of oxime groups is 1. The number of anilines is 1. The molecule has 6 nitrogen and oxygen atoms in total. The molecular weight excluding hydrogens is 398 g/mol. The maximum atomic E-state index is 12.2. The maximum Gasteiger partial charge on any atom is 0.264 e. The van der Waals surface area contributed by atoms with E-state index in [1.165, 1.54) is 0 Å². The Morgan fingerprint density at radius 3 is 2.58 bits per heavy atom. The summed E-state index contributed by atoms with van der Waals surface area (Å²) in [6, 6.07) is 16.9. The molecule has 0 spiro atoms. The highest BCUT2D eigenvalue weighted by atomic mass is 79.9. The van der Waals surface area contributed by atoms with Gasteiger partial charge in [0.05, 0.1) is 5.71 Å². The molecule has 1 heterocycles. The van der Waals surface area contributed by atoms with Crippen LogP contribution < -0.4 is 10.6 Å². The van der Waals surface area contributed by atoms with Crippen LogP contribution in [0.4, 0.5) is 5.69 Å². The lowest BCUT2D eigenvalue weighted by Crippen LogP contribution is -2.36. The van der Waals surface area contributed by atoms with Crippen LogP contribution >= 0.6 is 15.9 Å². The molecule has 1 atom stereocenters. The van der Waals surface area contributed by atoms with Crippen LogP contribution in [0.5, 0.6) is 0 Å². The second-order valence-electron chi connectivity index (χ2n) is 5.80. The van der Waals surface area contributed by atoms with Gasteiger partial charge in [0.25, 0.3) is 5.91 Å². The highest BCUT2D eigenvalue weighted by Crippen LogP contribution is 2.17. The number of amides is 2. The predicted octanol–water partition coefficient (Wildman–Crippen LogP) is 3.09. The Labute approximate surface area is 159 Å². The molecule has 3 rings (SSSR count). The van der Waals surface area contributed by atoms with Crippen molar-refractivity contribution in [3.8, 4) is 0 Å². The molecule has 0 unspecified atom stereocenters. The summed E-state index contributed by atoms with van der Waals surface area (Å²) >= 11 is 3.34. The zero-order valence-corrected chi connectivity index (χ0v) is 15.5. The van der Waals surface area contributed by atoms with Crippen LogP contribution in [0.2, 0.25) is 0 Å². The standard InChI is InChI=1S/C19H18BrN3O3/c20-14-6-8-15(9-7-14)22-18(24)10-11-21-19(25)17-12-16(23-26-17)13-4-2-1-3-5-13/h1-9,17H,10-12H2,(H,21,25)(H,22,24)/t17-/m0/s1. The van der Waals surface area contributed by atoms with Crippen LogP contribution in [0.3, 0.4) is 0 Å². The minimum absolute atomic E-state index is 0.166. The molecule has 0 aromatic heterocycles. The fourth-order valence-electron chi connectivity index (χ4n) is 2.49. The zero-order valence-electron chi connectivity index (χ0n) is 13.9. The summed E-state index contributed by atoms with van der Waals surface area (Å²) in [6.45, 7) is 0.238. The molecule has 0 saturated carbocycles. The molecule has 2 N–H and O–H groups in total. The molecular formula is C19H18BrN3O3. The molecule has 26 heavy (non-hydrogen) atoms. The summed E-state index contributed by atoms with van der Waals surface area (Å²) < 4.78 is 0.941. The lowest BCUT2D eigenvalue weighted by atomic mass is 10.0. The van der Waals surface area contributed by atoms with Crippen LogP contribution in [-0.4, -0.2) is 30.2 Å². The SMILES string of the molecule is O=C(CCNC(=O)[C@@H]1CC(c2ccccc2)=NO1)Nc1ccc(Br)cc1. The van der Waals surface area contributed by atoms with Gasteiger partial charge in [-0.3, -0.25) is 9.59 Å². The van der Waals surface area contributed by atoms with Crippen molar-refractivity contribution in [1.29, 1.82) is 0 Å². The van der Waals surface area contributed by atoms with Crippen molar-refractivity contribution < 1.29 is 14.4 Å². The van der Waals surface area contributed by atoms with Gasteiger partial charge >= 0.3 is 0 Å². The molecule has 7 heteroatoms. The number of carbonyl (C=O) groups is 2. The van der Waals surface area contributed by atoms with Gasteiger partial charge in [-0.25, -0.2) is 0 Å². The van der Waals surface area contributed by atoms with Crippen molar-refractivity contribution >= 4 is 39.1 Å². The van der Waals surface area contributed by atoms with Gasteiger partial charge < -0.3 is 15.5 Å². The van der Waals surface area contributed by atoms with Crippen molar-refractivity contribution in [3.63, 3.8) is 0 Å². The van der Waals surface area contributed by atoms with E-state index in [4.69, 9.17) is 4.84 Å². The van der Waals surface area contributed by atoms with Gasteiger partial charge in [-0.2, -0.15) is 0 Å². The van der Waals surface area contributed by atoms with Gasteiger partial charge in [-0.05, 0) is 29.8 Å². The maximum absolute atomic E-state index is 12.2. The minimum atomic E-state index is -0.653. The molecule has 2 aromatic carbocycles. The lowest BCUT2D eigenvalue weighted by Gasteiger charge is -2.10. The van der Waals surface area contributed by atoms with E-state index in [-0.39, 0.29) is 24.8 Å². The van der Waals surface area contributed by atoms with Gasteiger partial charge in [0.2, 0.25) is 12.0 Å². The largest absolute Gasteiger partial charge is 0.382 e. The number of hydrogen-bond acceptors (Lipinski definition) is 4. The fourth-order valence-corrected chi connectivity index (χ4v) is 2.75. The van der Waals surface area contributed by atoms with E-state index in [1.54, 1.807) is 12.1 Å². The van der Waals surface area contributed by atoms with E-state index in [0.717, 1.165) is 15.7 Å². The summed E-state index contributed by atoms with van der Waals surface area (Å²) in [7, 11) is 0. The first-order chi connectivity index (χ1) is 12.6. The van der Waals surface area contributed by atoms with Crippen LogP contribution in [0.15, 0.2) is 64.2 Å². The Balaban J connectivity index is 1.39. The number of carbonyl (C=O) groups excluding carboxylic acids is 2. The third kappa shape index (κ3) is 4.92. The summed E-state index contributed by atoms with van der Waals surface area (Å²) in [5.41, 5.74) is 2.40. The molecule has 1 aliphatic heterocycles. The fraction of sp³-hybridized carbons (Fsp3) is 0.211. The van der Waals surface area contributed by atoms with Crippen molar-refractivity contribution in [2.45, 2.75) is 18.9 Å². The van der Waals surface area contributed by atoms with E-state index in [1.807, 2.05) is 42.5 Å². The van der Waals surface area contributed by atoms with E-state index < -0.39 is 6.10 Å². The molecule has 0 aliphatic carbocycles. The topological polar surface area (TPSA) is 79.8 Å². The normalized spacial score (nSPS) is 15.7. The van der Waals surface area contributed by atoms with Crippen molar-refractivity contribution in [1.82, 2.24) is 5.32 Å². The second kappa shape index (κ2) is 8.62. The minimum Gasteiger partial charge on any atom is -0.382 e. The van der Waals surface area contributed by atoms with Crippen LogP contribution in [0, 0.1) is 0 Å². The third-order valence-corrected chi connectivity index (χ3v) is 4.38. The van der Waals surface area contributed by atoms with E-state index in [0.29, 0.717) is 12.1 Å². The molecule has 0 fully saturated rings. The molecule has 2 aromatic rings. The number of halogens is 1. The lowest BCUT2D eigenvalue weighted by molar-refractivity contribution is -0.131. The monoisotopic (exact) mass is 415 g/mol. The van der Waals surface area contributed by atoms with Gasteiger partial charge in [0.1, 0.15) is 0 Å². The average molecular weight is 416 g/mol. The first-order valence-electron chi connectivity index (χ1n) is 8.23. The number of hydrogen-bond donors (Lipinski definition) is 2. The van der Waals surface area contributed by atoms with Gasteiger partial charge in [-0.15, -0.1) is 0 Å². The van der Waals surface area contributed by atoms with Crippen molar-refractivity contribution in [2.24, 2.45) is 5.16 Å². The molecule has 0 saturated heterocycles. The Morgan fingerprint density at radius 1 is 1.12 bits per heavy atom. The number of nitrogens with zero attached hydrogens (tertiary/aromatic N) is 1. The summed E-state index contributed by atoms with van der Waals surface area (Å²) in [6.07, 6.45) is -0.0540. The zero-order chi connectivity index (χ0) is 18.4. The summed E-state index contributed by atoms with van der Waals surface area (Å²) in [5, 5.41) is 9.48. The van der Waals surface area contributed by atoms with Crippen LogP contribution in [0.1, 0.15) is 18.4 Å². The highest BCUT2D eigenvalue weighted by molar-refractivity contribution is 9.10. The molecule has 0 bridgehead atoms. The van der Waals surface area contributed by atoms with Gasteiger partial charge in [-0.1, -0.05) is 51.4 Å². The van der Waals surface area contributed by atoms with Crippen molar-refractivity contribution in [3.05, 3.63) is 64.6 Å². The predicted molar refractivity (Wildman–Crippen MR) is 103 cm³/mol. The summed E-state index contributed by atoms with van der Waals surface area (Å²) in [5.74, 6) is -0.433. The molecule has 2 amide bonds. The molecule has 1 aliphatic rings. The Morgan fingerprint density at radius 2 is 1.85 bits per heavy atom. The Hall–Kier alpha value is -2.67. The first-order valence-corrected chi connectivity index (χ1v) is 9.02. The average Bonchev–Trinajstić information content (AvgIpc) is 3.15. The first kappa shape index (κ1) is 18.1. The Kier molecular flexibility index (Phi) is 6.01. The van der Waals surface area contributed by atoms with Crippen LogP contribution in [0.25, 0.3) is 0 Å². The smallest absolute Gasteiger partial charge is 0.264 e. The Bertz CT molecular complexity index is 807. The molecule has 134 valence electrons. The van der Waals surface area contributed by atoms with Gasteiger partial charge in [0, 0.05) is 29.5 Å². The van der Waals surface area contributed by atoms with E-state index in [2.05, 4.69) is 31.7 Å². The van der Waals surface area contributed by atoms with E-state index in [9.17, 15) is 9.59 Å². The molecule has 0 radical (unpaired) electrons. The van der Waals surface area contributed by atoms with E-state index >= 15 is 0 Å². The number of benzene rings is 2. The van der Waals surface area contributed by atoms with Crippen molar-refractivity contribution in [2.75, 3.05) is 11.9 Å². The quantitative estimate of drug-likeness (QED) is 0.760. The highest BCUT2D eigenvalue weighted by Gasteiger charge is 2.28. The number of nitrogens with one attached hydrogen (secondary N) is 2. The third-order valence-electron chi connectivity index (χ3n) is 3.85. The van der Waals surface area contributed by atoms with Gasteiger partial charge in [0.15, 0.2) is 0 Å². The summed E-state index contributed by atoms with van der Waals surface area (Å²) in [4.78, 5) is 29.3.